The Bertz CT molecular complexity index is 693. The number of hydrogen-bond acceptors (Lipinski definition) is 3. The molecule has 6 heteroatoms. The average molecular weight is 355 g/mol. The van der Waals surface area contributed by atoms with E-state index in [1.54, 1.807) is 0 Å². The second kappa shape index (κ2) is 9.38. The predicted molar refractivity (Wildman–Crippen MR) is 107 cm³/mol. The molecule has 1 aromatic heterocycles. The Kier molecular flexibility index (Phi) is 6.66. The van der Waals surface area contributed by atoms with E-state index in [0.717, 1.165) is 36.8 Å². The molecule has 0 radical (unpaired) electrons. The Balaban J connectivity index is 1.58. The zero-order chi connectivity index (χ0) is 18.2. The standard InChI is InChI=1S/C20H30N6/c1-3-21-20(23-15-19-11-8-12-25(19)4-2)22-13-17-14-24-26(16-17)18-9-6-5-7-10-18/h5-7,9-10,14,16,19H,3-4,8,11-13,15H2,1-2H3,(H2,21,22,23). The first-order valence-electron chi connectivity index (χ1n) is 9.65. The van der Waals surface area contributed by atoms with Crippen LogP contribution in [0, 0.1) is 0 Å². The van der Waals surface area contributed by atoms with Gasteiger partial charge >= 0.3 is 0 Å². The van der Waals surface area contributed by atoms with Gasteiger partial charge in [-0.3, -0.25) is 4.90 Å². The van der Waals surface area contributed by atoms with Gasteiger partial charge in [-0.1, -0.05) is 25.1 Å². The Morgan fingerprint density at radius 3 is 2.85 bits per heavy atom. The van der Waals surface area contributed by atoms with Crippen molar-refractivity contribution in [2.45, 2.75) is 39.3 Å². The molecule has 2 heterocycles. The van der Waals surface area contributed by atoms with Crippen molar-refractivity contribution >= 4 is 5.96 Å². The molecule has 2 N–H and O–H groups in total. The van der Waals surface area contributed by atoms with Gasteiger partial charge in [0.1, 0.15) is 0 Å². The summed E-state index contributed by atoms with van der Waals surface area (Å²) in [6, 6.07) is 10.8. The molecule has 2 aromatic rings. The topological polar surface area (TPSA) is 57.5 Å². The van der Waals surface area contributed by atoms with Crippen molar-refractivity contribution in [3.63, 3.8) is 0 Å². The van der Waals surface area contributed by atoms with E-state index in [1.807, 2.05) is 47.4 Å². The van der Waals surface area contributed by atoms with E-state index in [9.17, 15) is 0 Å². The summed E-state index contributed by atoms with van der Waals surface area (Å²) in [5, 5.41) is 11.3. The molecule has 1 aromatic carbocycles. The number of aliphatic imine (C=N–C) groups is 1. The summed E-state index contributed by atoms with van der Waals surface area (Å²) >= 11 is 0. The van der Waals surface area contributed by atoms with Gasteiger partial charge in [0.25, 0.3) is 0 Å². The maximum Gasteiger partial charge on any atom is 0.191 e. The van der Waals surface area contributed by atoms with Crippen LogP contribution in [-0.2, 0) is 6.54 Å². The summed E-state index contributed by atoms with van der Waals surface area (Å²) in [5.74, 6) is 0.878. The average Bonchev–Trinajstić information content (AvgIpc) is 3.34. The minimum atomic E-state index is 0.615. The molecular weight excluding hydrogens is 324 g/mol. The highest BCUT2D eigenvalue weighted by atomic mass is 15.3. The lowest BCUT2D eigenvalue weighted by Gasteiger charge is -2.23. The molecule has 1 fully saturated rings. The summed E-state index contributed by atoms with van der Waals surface area (Å²) < 4.78 is 1.89. The molecule has 1 aliphatic rings. The van der Waals surface area contributed by atoms with Gasteiger partial charge in [-0.25, -0.2) is 9.67 Å². The van der Waals surface area contributed by atoms with Crippen molar-refractivity contribution in [3.05, 3.63) is 48.3 Å². The number of para-hydroxylation sites is 1. The van der Waals surface area contributed by atoms with Crippen LogP contribution in [0.1, 0.15) is 32.3 Å². The van der Waals surface area contributed by atoms with Crippen LogP contribution in [-0.4, -0.2) is 52.9 Å². The van der Waals surface area contributed by atoms with Crippen LogP contribution < -0.4 is 10.6 Å². The summed E-state index contributed by atoms with van der Waals surface area (Å²) in [4.78, 5) is 7.27. The lowest BCUT2D eigenvalue weighted by Crippen LogP contribution is -2.44. The predicted octanol–water partition coefficient (Wildman–Crippen LogP) is 2.41. The number of likely N-dealkylation sites (N-methyl/N-ethyl adjacent to an activating group) is 1. The molecule has 1 atom stereocenters. The van der Waals surface area contributed by atoms with E-state index in [4.69, 9.17) is 4.99 Å². The van der Waals surface area contributed by atoms with E-state index in [0.29, 0.717) is 12.6 Å². The molecule has 6 nitrogen and oxygen atoms in total. The number of nitrogens with zero attached hydrogens (tertiary/aromatic N) is 4. The minimum Gasteiger partial charge on any atom is -0.357 e. The fourth-order valence-electron chi connectivity index (χ4n) is 3.43. The van der Waals surface area contributed by atoms with Gasteiger partial charge in [-0.05, 0) is 45.0 Å². The second-order valence-corrected chi connectivity index (χ2v) is 6.63. The Hall–Kier alpha value is -2.34. The van der Waals surface area contributed by atoms with Gasteiger partial charge in [0.05, 0.1) is 18.4 Å². The van der Waals surface area contributed by atoms with E-state index < -0.39 is 0 Å². The Morgan fingerprint density at radius 2 is 2.08 bits per heavy atom. The Labute approximate surface area is 156 Å². The Morgan fingerprint density at radius 1 is 1.23 bits per heavy atom. The largest absolute Gasteiger partial charge is 0.357 e. The lowest BCUT2D eigenvalue weighted by molar-refractivity contribution is 0.267. The fourth-order valence-corrected chi connectivity index (χ4v) is 3.43. The summed E-state index contributed by atoms with van der Waals surface area (Å²) in [6.45, 7) is 9.10. The quantitative estimate of drug-likeness (QED) is 0.592. The number of hydrogen-bond donors (Lipinski definition) is 2. The molecule has 1 unspecified atom stereocenters. The van der Waals surface area contributed by atoms with Crippen LogP contribution in [0.5, 0.6) is 0 Å². The molecule has 26 heavy (non-hydrogen) atoms. The first-order valence-corrected chi connectivity index (χ1v) is 9.65. The molecule has 1 aliphatic heterocycles. The third-order valence-electron chi connectivity index (χ3n) is 4.83. The minimum absolute atomic E-state index is 0.615. The van der Waals surface area contributed by atoms with E-state index in [-0.39, 0.29) is 0 Å². The molecule has 0 bridgehead atoms. The van der Waals surface area contributed by atoms with Crippen LogP contribution in [0.25, 0.3) is 5.69 Å². The molecule has 3 rings (SSSR count). The molecular formula is C20H30N6. The number of aromatic nitrogens is 2. The molecule has 0 amide bonds. The van der Waals surface area contributed by atoms with Crippen LogP contribution >= 0.6 is 0 Å². The van der Waals surface area contributed by atoms with Gasteiger partial charge in [0, 0.05) is 30.9 Å². The van der Waals surface area contributed by atoms with Crippen molar-refractivity contribution in [1.29, 1.82) is 0 Å². The molecule has 0 aliphatic carbocycles. The van der Waals surface area contributed by atoms with Gasteiger partial charge in [-0.15, -0.1) is 0 Å². The zero-order valence-electron chi connectivity index (χ0n) is 15.9. The molecule has 140 valence electrons. The van der Waals surface area contributed by atoms with Crippen molar-refractivity contribution in [2.75, 3.05) is 26.2 Å². The summed E-state index contributed by atoms with van der Waals surface area (Å²) in [5.41, 5.74) is 2.16. The van der Waals surface area contributed by atoms with Gasteiger partial charge in [0.15, 0.2) is 5.96 Å². The van der Waals surface area contributed by atoms with Crippen LogP contribution in [0.4, 0.5) is 0 Å². The molecule has 0 spiro atoms. The summed E-state index contributed by atoms with van der Waals surface area (Å²) in [6.07, 6.45) is 6.49. The number of guanidine groups is 1. The van der Waals surface area contributed by atoms with E-state index in [1.165, 1.54) is 19.4 Å². The second-order valence-electron chi connectivity index (χ2n) is 6.63. The summed E-state index contributed by atoms with van der Waals surface area (Å²) in [7, 11) is 0. The third kappa shape index (κ3) is 4.85. The van der Waals surface area contributed by atoms with Crippen molar-refractivity contribution in [2.24, 2.45) is 4.99 Å². The van der Waals surface area contributed by atoms with Crippen LogP contribution in [0.2, 0.25) is 0 Å². The van der Waals surface area contributed by atoms with E-state index >= 15 is 0 Å². The maximum atomic E-state index is 4.73. The van der Waals surface area contributed by atoms with Crippen molar-refractivity contribution < 1.29 is 0 Å². The van der Waals surface area contributed by atoms with Crippen LogP contribution in [0.3, 0.4) is 0 Å². The zero-order valence-corrected chi connectivity index (χ0v) is 15.9. The fraction of sp³-hybridized carbons (Fsp3) is 0.500. The SMILES string of the molecule is CCNC(=NCc1cnn(-c2ccccc2)c1)NCC1CCCN1CC. The van der Waals surface area contributed by atoms with Crippen LogP contribution in [0.15, 0.2) is 47.7 Å². The molecule has 1 saturated heterocycles. The van der Waals surface area contributed by atoms with E-state index in [2.05, 4.69) is 34.5 Å². The number of likely N-dealkylation sites (tertiary alicyclic amines) is 1. The maximum absolute atomic E-state index is 4.73. The highest BCUT2D eigenvalue weighted by Crippen LogP contribution is 2.15. The lowest BCUT2D eigenvalue weighted by atomic mass is 10.2. The third-order valence-corrected chi connectivity index (χ3v) is 4.83. The number of nitrogens with one attached hydrogen (secondary N) is 2. The van der Waals surface area contributed by atoms with Crippen molar-refractivity contribution in [1.82, 2.24) is 25.3 Å². The first-order chi connectivity index (χ1) is 12.8. The van der Waals surface area contributed by atoms with Crippen molar-refractivity contribution in [3.8, 4) is 5.69 Å². The number of rotatable bonds is 7. The first kappa shape index (κ1) is 18.5. The highest BCUT2D eigenvalue weighted by molar-refractivity contribution is 5.79. The normalized spacial score (nSPS) is 18.2. The molecule has 0 saturated carbocycles. The highest BCUT2D eigenvalue weighted by Gasteiger charge is 2.22. The van der Waals surface area contributed by atoms with Gasteiger partial charge in [0.2, 0.25) is 0 Å². The monoisotopic (exact) mass is 354 g/mol. The smallest absolute Gasteiger partial charge is 0.191 e. The van der Waals surface area contributed by atoms with Gasteiger partial charge in [-0.2, -0.15) is 5.10 Å². The van der Waals surface area contributed by atoms with Gasteiger partial charge < -0.3 is 10.6 Å². The number of benzene rings is 1.